The van der Waals surface area contributed by atoms with Gasteiger partial charge in [0.1, 0.15) is 6.04 Å². The number of hydrogen-bond donors (Lipinski definition) is 4. The summed E-state index contributed by atoms with van der Waals surface area (Å²) in [4.78, 5) is 10.4. The summed E-state index contributed by atoms with van der Waals surface area (Å²) in [5.74, 6) is -1.60. The minimum atomic E-state index is -1.03. The maximum absolute atomic E-state index is 10.4. The van der Waals surface area contributed by atoms with E-state index in [4.69, 9.17) is 15.3 Å². The Bertz CT molecular complexity index is 161. The number of aliphatic carboxylic acids is 1. The van der Waals surface area contributed by atoms with E-state index >= 15 is 0 Å². The number of carboxylic acids is 1. The number of nitrogens with one attached hydrogen (secondary N) is 1. The van der Waals surface area contributed by atoms with E-state index in [-0.39, 0.29) is 13.2 Å². The van der Waals surface area contributed by atoms with Crippen LogP contribution in [0.2, 0.25) is 0 Å². The molecule has 1 fully saturated rings. The third-order valence-electron chi connectivity index (χ3n) is 1.95. The molecule has 64 valence electrons. The Balaban J connectivity index is 2.61. The zero-order valence-electron chi connectivity index (χ0n) is 5.90. The molecule has 1 rings (SSSR count). The lowest BCUT2D eigenvalue weighted by atomic mass is 10.00. The Morgan fingerprint density at radius 1 is 1.64 bits per heavy atom. The van der Waals surface area contributed by atoms with Crippen molar-refractivity contribution in [3.8, 4) is 0 Å². The van der Waals surface area contributed by atoms with Gasteiger partial charge in [-0.25, -0.2) is 0 Å². The number of rotatable bonds is 2. The number of β-amino-alcohol motifs (C(OH)–C–C–N with tert-alkyl or cyclic N) is 1. The van der Waals surface area contributed by atoms with Crippen molar-refractivity contribution in [1.29, 1.82) is 0 Å². The summed E-state index contributed by atoms with van der Waals surface area (Å²) in [6, 6.07) is -0.810. The van der Waals surface area contributed by atoms with Gasteiger partial charge in [-0.1, -0.05) is 0 Å². The average molecular weight is 161 g/mol. The number of aliphatic hydroxyl groups excluding tert-OH is 2. The Labute approximate surface area is 63.7 Å². The molecule has 0 aromatic heterocycles. The summed E-state index contributed by atoms with van der Waals surface area (Å²) < 4.78 is 0. The third-order valence-corrected chi connectivity index (χ3v) is 1.95. The molecular weight excluding hydrogens is 150 g/mol. The Morgan fingerprint density at radius 3 is 2.64 bits per heavy atom. The second-order valence-corrected chi connectivity index (χ2v) is 2.64. The SMILES string of the molecule is O=C(O)[C@H]1NCC(O)[C@@H]1CO. The fourth-order valence-corrected chi connectivity index (χ4v) is 1.27. The first kappa shape index (κ1) is 8.45. The van der Waals surface area contributed by atoms with Gasteiger partial charge in [0.15, 0.2) is 0 Å². The quantitative estimate of drug-likeness (QED) is 0.376. The highest BCUT2D eigenvalue weighted by molar-refractivity contribution is 5.74. The standard InChI is InChI=1S/C6H11NO4/c8-2-3-4(9)1-7-5(3)6(10)11/h3-5,7-9H,1-2H2,(H,10,11)/t3-,4?,5-/m0/s1. The molecule has 1 heterocycles. The van der Waals surface area contributed by atoms with Crippen molar-refractivity contribution < 1.29 is 20.1 Å². The first-order valence-corrected chi connectivity index (χ1v) is 3.42. The van der Waals surface area contributed by atoms with Crippen LogP contribution in [0.25, 0.3) is 0 Å². The van der Waals surface area contributed by atoms with Gasteiger partial charge in [-0.15, -0.1) is 0 Å². The topological polar surface area (TPSA) is 89.8 Å². The molecule has 1 unspecified atom stereocenters. The monoisotopic (exact) mass is 161 g/mol. The highest BCUT2D eigenvalue weighted by Crippen LogP contribution is 2.15. The minimum Gasteiger partial charge on any atom is -0.480 e. The van der Waals surface area contributed by atoms with Gasteiger partial charge in [0.2, 0.25) is 0 Å². The lowest BCUT2D eigenvalue weighted by Crippen LogP contribution is -2.37. The average Bonchev–Trinajstić information content (AvgIpc) is 2.30. The van der Waals surface area contributed by atoms with Crippen molar-refractivity contribution in [1.82, 2.24) is 5.32 Å². The van der Waals surface area contributed by atoms with Gasteiger partial charge >= 0.3 is 5.97 Å². The third kappa shape index (κ3) is 1.50. The van der Waals surface area contributed by atoms with Gasteiger partial charge in [0.25, 0.3) is 0 Å². The van der Waals surface area contributed by atoms with Crippen molar-refractivity contribution in [3.63, 3.8) is 0 Å². The molecule has 1 aliphatic rings. The lowest BCUT2D eigenvalue weighted by Gasteiger charge is -2.14. The molecular formula is C6H11NO4. The second kappa shape index (κ2) is 3.17. The van der Waals surface area contributed by atoms with Crippen LogP contribution in [0.3, 0.4) is 0 Å². The molecule has 0 saturated carbocycles. The van der Waals surface area contributed by atoms with E-state index in [0.717, 1.165) is 0 Å². The second-order valence-electron chi connectivity index (χ2n) is 2.64. The van der Waals surface area contributed by atoms with Crippen molar-refractivity contribution in [2.24, 2.45) is 5.92 Å². The first-order chi connectivity index (χ1) is 5.16. The smallest absolute Gasteiger partial charge is 0.321 e. The summed E-state index contributed by atoms with van der Waals surface area (Å²) in [6.45, 7) is -0.0622. The predicted molar refractivity (Wildman–Crippen MR) is 36.0 cm³/mol. The largest absolute Gasteiger partial charge is 0.480 e. The van der Waals surface area contributed by atoms with Crippen LogP contribution in [0.1, 0.15) is 0 Å². The van der Waals surface area contributed by atoms with Crippen molar-refractivity contribution in [2.75, 3.05) is 13.2 Å². The van der Waals surface area contributed by atoms with Crippen LogP contribution in [-0.2, 0) is 4.79 Å². The summed E-state index contributed by atoms with van der Waals surface area (Å²) in [5.41, 5.74) is 0. The van der Waals surface area contributed by atoms with E-state index in [0.29, 0.717) is 0 Å². The predicted octanol–water partition coefficient (Wildman–Crippen LogP) is -1.99. The summed E-state index contributed by atoms with van der Waals surface area (Å²) >= 11 is 0. The van der Waals surface area contributed by atoms with Gasteiger partial charge in [-0.05, 0) is 0 Å². The molecule has 1 aliphatic heterocycles. The summed E-state index contributed by atoms with van der Waals surface area (Å²) in [6.07, 6.45) is -0.749. The zero-order chi connectivity index (χ0) is 8.43. The minimum absolute atomic E-state index is 0.238. The summed E-state index contributed by atoms with van der Waals surface area (Å²) in [7, 11) is 0. The molecule has 5 heteroatoms. The molecule has 3 atom stereocenters. The van der Waals surface area contributed by atoms with E-state index in [1.54, 1.807) is 0 Å². The molecule has 0 aromatic rings. The fourth-order valence-electron chi connectivity index (χ4n) is 1.27. The van der Waals surface area contributed by atoms with E-state index in [2.05, 4.69) is 5.32 Å². The molecule has 0 aromatic carbocycles. The number of aliphatic hydroxyl groups is 2. The van der Waals surface area contributed by atoms with Crippen LogP contribution in [0.4, 0.5) is 0 Å². The number of carboxylic acid groups (broad SMARTS) is 1. The molecule has 0 spiro atoms. The normalized spacial score (nSPS) is 37.5. The van der Waals surface area contributed by atoms with Crippen molar-refractivity contribution >= 4 is 5.97 Å². The van der Waals surface area contributed by atoms with Crippen LogP contribution >= 0.6 is 0 Å². The molecule has 0 bridgehead atoms. The number of hydrogen-bond acceptors (Lipinski definition) is 4. The number of carbonyl (C=O) groups is 1. The van der Waals surface area contributed by atoms with E-state index < -0.39 is 24.0 Å². The highest BCUT2D eigenvalue weighted by atomic mass is 16.4. The Kier molecular flexibility index (Phi) is 2.43. The Hall–Kier alpha value is -0.650. The molecule has 4 N–H and O–H groups in total. The molecule has 11 heavy (non-hydrogen) atoms. The van der Waals surface area contributed by atoms with Gasteiger partial charge in [-0.3, -0.25) is 4.79 Å². The van der Waals surface area contributed by atoms with Crippen molar-refractivity contribution in [3.05, 3.63) is 0 Å². The molecule has 5 nitrogen and oxygen atoms in total. The van der Waals surface area contributed by atoms with Gasteiger partial charge in [-0.2, -0.15) is 0 Å². The van der Waals surface area contributed by atoms with E-state index in [9.17, 15) is 4.79 Å². The molecule has 0 radical (unpaired) electrons. The van der Waals surface area contributed by atoms with E-state index in [1.165, 1.54) is 0 Å². The van der Waals surface area contributed by atoms with Gasteiger partial charge in [0.05, 0.1) is 12.7 Å². The van der Waals surface area contributed by atoms with E-state index in [1.807, 2.05) is 0 Å². The van der Waals surface area contributed by atoms with Crippen LogP contribution in [-0.4, -0.2) is 46.6 Å². The van der Waals surface area contributed by atoms with Crippen LogP contribution in [0, 0.1) is 5.92 Å². The summed E-state index contributed by atoms with van der Waals surface area (Å²) in [5, 5.41) is 29.0. The maximum Gasteiger partial charge on any atom is 0.321 e. The van der Waals surface area contributed by atoms with Crippen LogP contribution in [0.15, 0.2) is 0 Å². The fraction of sp³-hybridized carbons (Fsp3) is 0.833. The Morgan fingerprint density at radius 2 is 2.27 bits per heavy atom. The molecule has 0 amide bonds. The molecule has 1 saturated heterocycles. The van der Waals surface area contributed by atoms with Crippen LogP contribution in [0.5, 0.6) is 0 Å². The highest BCUT2D eigenvalue weighted by Gasteiger charge is 2.38. The lowest BCUT2D eigenvalue weighted by molar-refractivity contribution is -0.141. The van der Waals surface area contributed by atoms with Gasteiger partial charge < -0.3 is 20.6 Å². The van der Waals surface area contributed by atoms with Crippen molar-refractivity contribution in [2.45, 2.75) is 12.1 Å². The molecule has 0 aliphatic carbocycles. The zero-order valence-corrected chi connectivity index (χ0v) is 5.90. The van der Waals surface area contributed by atoms with Crippen LogP contribution < -0.4 is 5.32 Å². The first-order valence-electron chi connectivity index (χ1n) is 3.42. The van der Waals surface area contributed by atoms with Gasteiger partial charge in [0, 0.05) is 12.5 Å². The maximum atomic E-state index is 10.4.